The normalized spacial score (nSPS) is 17.3. The van der Waals surface area contributed by atoms with E-state index in [4.69, 9.17) is 9.84 Å². The summed E-state index contributed by atoms with van der Waals surface area (Å²) in [4.78, 5) is 83.2. The minimum Gasteiger partial charge on any atom is -0.482 e. The molecule has 2 aliphatic rings. The quantitative estimate of drug-likeness (QED) is 0.0635. The van der Waals surface area contributed by atoms with E-state index in [1.807, 2.05) is 11.8 Å². The largest absolute Gasteiger partial charge is 0.482 e. The van der Waals surface area contributed by atoms with Gasteiger partial charge in [0.05, 0.1) is 12.1 Å². The van der Waals surface area contributed by atoms with Crippen molar-refractivity contribution < 1.29 is 58.7 Å². The third kappa shape index (κ3) is 12.7. The molecule has 0 aliphatic carbocycles. The first-order chi connectivity index (χ1) is 25.3. The highest BCUT2D eigenvalue weighted by Crippen LogP contribution is 2.34. The highest BCUT2D eigenvalue weighted by atomic mass is 32.2. The lowest BCUT2D eigenvalue weighted by molar-refractivity contribution is -0.139. The van der Waals surface area contributed by atoms with Crippen LogP contribution in [0.2, 0.25) is 0 Å². The number of urea groups is 1. The number of fused-ring (bicyclic) bond motifs is 1. The molecule has 0 aromatic heterocycles. The van der Waals surface area contributed by atoms with Crippen molar-refractivity contribution >= 4 is 53.5 Å². The van der Waals surface area contributed by atoms with E-state index in [0.717, 1.165) is 18.6 Å². The maximum Gasteiger partial charge on any atom is 0.341 e. The average molecular weight is 757 g/mol. The van der Waals surface area contributed by atoms with Gasteiger partial charge in [-0.05, 0) is 78.1 Å². The van der Waals surface area contributed by atoms with Gasteiger partial charge in [-0.3, -0.25) is 24.0 Å². The van der Waals surface area contributed by atoms with Gasteiger partial charge in [0.25, 0.3) is 5.91 Å². The van der Waals surface area contributed by atoms with Crippen LogP contribution in [-0.4, -0.2) is 105 Å². The van der Waals surface area contributed by atoms with Gasteiger partial charge in [-0.1, -0.05) is 18.6 Å². The van der Waals surface area contributed by atoms with Crippen LogP contribution >= 0.6 is 11.8 Å². The van der Waals surface area contributed by atoms with E-state index in [-0.39, 0.29) is 86.9 Å². The number of thioether (sulfide) groups is 1. The number of carbonyl (C=O) groups excluding carboxylic acids is 3. The molecular weight excluding hydrogens is 712 g/mol. The molecule has 2 aliphatic heterocycles. The van der Waals surface area contributed by atoms with E-state index in [1.54, 1.807) is 12.1 Å². The van der Waals surface area contributed by atoms with Gasteiger partial charge in [-0.15, -0.1) is 0 Å². The van der Waals surface area contributed by atoms with Crippen LogP contribution in [-0.2, 0) is 43.2 Å². The molecular formula is C36H44N4O12S. The summed E-state index contributed by atoms with van der Waals surface area (Å²) in [5, 5.41) is 48.9. The number of ether oxygens (including phenoxy) is 1. The molecule has 2 aromatic rings. The molecule has 4 rings (SSSR count). The maximum atomic E-state index is 13.6. The van der Waals surface area contributed by atoms with E-state index in [1.165, 1.54) is 18.2 Å². The summed E-state index contributed by atoms with van der Waals surface area (Å²) < 4.78 is 5.40. The van der Waals surface area contributed by atoms with Crippen LogP contribution in [0.4, 0.5) is 4.79 Å². The average Bonchev–Trinajstić information content (AvgIpc) is 3.66. The van der Waals surface area contributed by atoms with Crippen LogP contribution in [0.5, 0.6) is 5.75 Å². The van der Waals surface area contributed by atoms with E-state index >= 15 is 0 Å². The van der Waals surface area contributed by atoms with Crippen LogP contribution < -0.4 is 26.0 Å². The van der Waals surface area contributed by atoms with Crippen LogP contribution in [0.15, 0.2) is 30.3 Å². The molecule has 3 atom stereocenters. The first-order valence-electron chi connectivity index (χ1n) is 17.3. The second-order valence-electron chi connectivity index (χ2n) is 12.9. The zero-order valence-electron chi connectivity index (χ0n) is 29.0. The minimum absolute atomic E-state index is 0.0116. The molecule has 2 fully saturated rings. The third-order valence-corrected chi connectivity index (χ3v) is 10.4. The number of carboxylic acid groups (broad SMARTS) is 4. The van der Waals surface area contributed by atoms with Crippen LogP contribution in [0.25, 0.3) is 11.1 Å². The number of aryl methyl sites for hydroxylation is 3. The Hall–Kier alpha value is -5.32. The minimum atomic E-state index is -1.24. The molecule has 0 radical (unpaired) electrons. The molecule has 2 saturated heterocycles. The van der Waals surface area contributed by atoms with Crippen molar-refractivity contribution in [2.75, 3.05) is 25.4 Å². The lowest BCUT2D eigenvalue weighted by atomic mass is 9.88. The van der Waals surface area contributed by atoms with Gasteiger partial charge in [0.1, 0.15) is 5.75 Å². The fraction of sp³-hybridized carbons (Fsp3) is 0.472. The van der Waals surface area contributed by atoms with Gasteiger partial charge in [-0.2, -0.15) is 11.8 Å². The highest BCUT2D eigenvalue weighted by molar-refractivity contribution is 8.00. The Morgan fingerprint density at radius 1 is 0.755 bits per heavy atom. The Morgan fingerprint density at radius 2 is 1.43 bits per heavy atom. The summed E-state index contributed by atoms with van der Waals surface area (Å²) in [6.07, 6.45) is 1.89. The SMILES string of the molecule is O=C(O)CCc1cc(OCC(=O)O)cc(-c2cc(C(=O)NCCNC(=O)CCCC[C@@H]3SC[C@@H]4NC(=O)N[C@@H]43)c(CCC(=O)O)cc2CCC(=O)O)c1. The van der Waals surface area contributed by atoms with Gasteiger partial charge in [-0.25, -0.2) is 9.59 Å². The molecule has 286 valence electrons. The number of unbranched alkanes of at least 4 members (excludes halogenated alkanes) is 1. The van der Waals surface area contributed by atoms with Crippen molar-refractivity contribution in [3.63, 3.8) is 0 Å². The number of rotatable bonds is 22. The van der Waals surface area contributed by atoms with Gasteiger partial charge in [0.2, 0.25) is 5.91 Å². The number of hydrogen-bond acceptors (Lipinski definition) is 9. The number of benzene rings is 2. The van der Waals surface area contributed by atoms with Crippen molar-refractivity contribution in [2.45, 2.75) is 81.5 Å². The van der Waals surface area contributed by atoms with E-state index in [2.05, 4.69) is 21.3 Å². The first kappa shape index (κ1) is 40.5. The van der Waals surface area contributed by atoms with Crippen LogP contribution in [0, 0.1) is 0 Å². The van der Waals surface area contributed by atoms with E-state index in [9.17, 15) is 48.9 Å². The lowest BCUT2D eigenvalue weighted by Gasteiger charge is -2.18. The Kier molecular flexibility index (Phi) is 14.9. The van der Waals surface area contributed by atoms with Crippen molar-refractivity contribution in [3.05, 3.63) is 52.6 Å². The Labute approximate surface area is 309 Å². The van der Waals surface area contributed by atoms with Crippen LogP contribution in [0.1, 0.15) is 72.0 Å². The number of hydrogen-bond donors (Lipinski definition) is 8. The van der Waals surface area contributed by atoms with Crippen molar-refractivity contribution in [1.82, 2.24) is 21.3 Å². The number of nitrogens with one attached hydrogen (secondary N) is 4. The molecule has 17 heteroatoms. The predicted octanol–water partition coefficient (Wildman–Crippen LogP) is 2.44. The molecule has 53 heavy (non-hydrogen) atoms. The van der Waals surface area contributed by atoms with Crippen molar-refractivity contribution in [1.29, 1.82) is 0 Å². The zero-order valence-corrected chi connectivity index (χ0v) is 29.8. The molecule has 4 amide bonds. The molecule has 8 N–H and O–H groups in total. The van der Waals surface area contributed by atoms with Gasteiger partial charge in [0, 0.05) is 55.3 Å². The van der Waals surface area contributed by atoms with Crippen molar-refractivity contribution in [3.8, 4) is 16.9 Å². The third-order valence-electron chi connectivity index (χ3n) is 8.87. The summed E-state index contributed by atoms with van der Waals surface area (Å²) in [5.74, 6) is -4.23. The number of carbonyl (C=O) groups is 7. The Balaban J connectivity index is 1.46. The summed E-state index contributed by atoms with van der Waals surface area (Å²) in [6, 6.07) is 7.87. The van der Waals surface area contributed by atoms with E-state index in [0.29, 0.717) is 45.9 Å². The summed E-state index contributed by atoms with van der Waals surface area (Å²) in [5.41, 5.74) is 2.28. The molecule has 2 aromatic carbocycles. The molecule has 16 nitrogen and oxygen atoms in total. The lowest BCUT2D eigenvalue weighted by Crippen LogP contribution is -2.36. The topological polar surface area (TPSA) is 258 Å². The van der Waals surface area contributed by atoms with Gasteiger partial charge >= 0.3 is 29.9 Å². The highest BCUT2D eigenvalue weighted by Gasteiger charge is 2.42. The van der Waals surface area contributed by atoms with E-state index < -0.39 is 36.4 Å². The van der Waals surface area contributed by atoms with Crippen molar-refractivity contribution in [2.24, 2.45) is 0 Å². The molecule has 0 bridgehead atoms. The number of aliphatic carboxylic acids is 4. The number of carboxylic acids is 4. The fourth-order valence-corrected chi connectivity index (χ4v) is 7.89. The molecule has 2 heterocycles. The van der Waals surface area contributed by atoms with Gasteiger partial charge in [0.15, 0.2) is 6.61 Å². The fourth-order valence-electron chi connectivity index (χ4n) is 6.35. The number of amides is 4. The second-order valence-corrected chi connectivity index (χ2v) is 14.1. The Morgan fingerprint density at radius 3 is 2.13 bits per heavy atom. The molecule has 0 saturated carbocycles. The zero-order chi connectivity index (χ0) is 38.5. The predicted molar refractivity (Wildman–Crippen MR) is 192 cm³/mol. The smallest absolute Gasteiger partial charge is 0.341 e. The summed E-state index contributed by atoms with van der Waals surface area (Å²) in [7, 11) is 0. The molecule has 0 spiro atoms. The Bertz CT molecular complexity index is 1680. The van der Waals surface area contributed by atoms with Crippen LogP contribution in [0.3, 0.4) is 0 Å². The maximum absolute atomic E-state index is 13.6. The first-order valence-corrected chi connectivity index (χ1v) is 18.4. The monoisotopic (exact) mass is 756 g/mol. The molecule has 0 unspecified atom stereocenters. The standard InChI is InChI=1S/C36H44N4O12S/c41-29(4-2-1-3-28-34-27(19-53-28)39-36(51)40-34)37-11-12-38-35(50)26-17-25(21(6-9-31(44)45)15-22(26)7-10-32(46)47)23-13-20(5-8-30(42)43)14-24(16-23)52-18-33(48)49/h13-17,27-28,34H,1-12,18-19H2,(H,37,41)(H,38,50)(H,42,43)(H,44,45)(H,46,47)(H,48,49)(H2,39,40,51)/t27-,28-,34-/m0/s1. The van der Waals surface area contributed by atoms with Gasteiger partial charge < -0.3 is 46.4 Å². The summed E-state index contributed by atoms with van der Waals surface area (Å²) in [6.45, 7) is -0.481. The second kappa shape index (κ2) is 19.5. The summed E-state index contributed by atoms with van der Waals surface area (Å²) >= 11 is 1.81.